The molecule has 0 bridgehead atoms. The van der Waals surface area contributed by atoms with E-state index >= 15 is 0 Å². The summed E-state index contributed by atoms with van der Waals surface area (Å²) in [6, 6.07) is 0. The van der Waals surface area contributed by atoms with Gasteiger partial charge in [-0.25, -0.2) is 9.97 Å². The van der Waals surface area contributed by atoms with Crippen molar-refractivity contribution in [3.8, 4) is 0 Å². The van der Waals surface area contributed by atoms with Crippen LogP contribution in [0.2, 0.25) is 0 Å². The highest BCUT2D eigenvalue weighted by Gasteiger charge is 2.11. The van der Waals surface area contributed by atoms with Crippen molar-refractivity contribution < 1.29 is 4.39 Å². The summed E-state index contributed by atoms with van der Waals surface area (Å²) in [4.78, 5) is 7.98. The van der Waals surface area contributed by atoms with Crippen LogP contribution in [-0.4, -0.2) is 14.4 Å². The smallest absolute Gasteiger partial charge is 0.218 e. The van der Waals surface area contributed by atoms with Crippen molar-refractivity contribution >= 4 is 37.5 Å². The van der Waals surface area contributed by atoms with Gasteiger partial charge < -0.3 is 0 Å². The lowest BCUT2D eigenvalue weighted by Gasteiger charge is -2.03. The molecule has 68 valence electrons. The van der Waals surface area contributed by atoms with E-state index in [1.165, 1.54) is 10.6 Å². The van der Waals surface area contributed by atoms with Crippen LogP contribution in [0.5, 0.6) is 0 Å². The Labute approximate surface area is 90.3 Å². The summed E-state index contributed by atoms with van der Waals surface area (Å²) in [6.07, 6.45) is 1.17. The maximum atomic E-state index is 13.2. The Balaban J connectivity index is 3.00. The molecule has 2 aromatic rings. The van der Waals surface area contributed by atoms with E-state index < -0.39 is 5.95 Å². The van der Waals surface area contributed by atoms with Gasteiger partial charge in [-0.05, 0) is 38.8 Å². The zero-order chi connectivity index (χ0) is 9.59. The van der Waals surface area contributed by atoms with E-state index in [0.717, 1.165) is 0 Å². The Hall–Kier alpha value is -0.490. The summed E-state index contributed by atoms with van der Waals surface area (Å²) in [5.74, 6) is -0.392. The number of aryl methyl sites for hydroxylation is 1. The molecule has 2 heterocycles. The molecule has 3 nitrogen and oxygen atoms in total. The van der Waals surface area contributed by atoms with Crippen molar-refractivity contribution in [2.75, 3.05) is 0 Å². The SMILES string of the molecule is Cc1c(Br)nc(Br)c2ncc(F)n12. The average Bonchev–Trinajstić information content (AvgIpc) is 2.44. The van der Waals surface area contributed by atoms with Crippen LogP contribution in [0.15, 0.2) is 15.4 Å². The number of fused-ring (bicyclic) bond motifs is 1. The minimum Gasteiger partial charge on any atom is -0.269 e. The molecule has 2 aromatic heterocycles. The third-order valence-electron chi connectivity index (χ3n) is 1.73. The van der Waals surface area contributed by atoms with Gasteiger partial charge in [0.25, 0.3) is 0 Å². The first-order valence-corrected chi connectivity index (χ1v) is 5.04. The molecule has 0 atom stereocenters. The molecule has 0 N–H and O–H groups in total. The molecule has 0 spiro atoms. The van der Waals surface area contributed by atoms with Gasteiger partial charge >= 0.3 is 0 Å². The molecule has 13 heavy (non-hydrogen) atoms. The molecule has 0 amide bonds. The van der Waals surface area contributed by atoms with E-state index in [0.29, 0.717) is 20.5 Å². The van der Waals surface area contributed by atoms with Crippen LogP contribution in [0.4, 0.5) is 4.39 Å². The van der Waals surface area contributed by atoms with Gasteiger partial charge in [-0.1, -0.05) is 0 Å². The maximum absolute atomic E-state index is 13.2. The Morgan fingerprint density at radius 2 is 2.08 bits per heavy atom. The van der Waals surface area contributed by atoms with Crippen LogP contribution >= 0.6 is 31.9 Å². The fourth-order valence-electron chi connectivity index (χ4n) is 1.10. The normalized spacial score (nSPS) is 11.1. The number of rotatable bonds is 0. The van der Waals surface area contributed by atoms with Gasteiger partial charge in [0, 0.05) is 0 Å². The first-order chi connectivity index (χ1) is 6.11. The number of hydrogen-bond acceptors (Lipinski definition) is 2. The topological polar surface area (TPSA) is 30.2 Å². The third kappa shape index (κ3) is 1.28. The highest BCUT2D eigenvalue weighted by molar-refractivity contribution is 9.11. The van der Waals surface area contributed by atoms with Gasteiger partial charge in [0.15, 0.2) is 10.3 Å². The lowest BCUT2D eigenvalue weighted by atomic mass is 10.5. The molecule has 6 heteroatoms. The number of nitrogens with zero attached hydrogens (tertiary/aromatic N) is 3. The van der Waals surface area contributed by atoms with Gasteiger partial charge in [-0.2, -0.15) is 4.39 Å². The summed E-state index contributed by atoms with van der Waals surface area (Å²) >= 11 is 6.43. The summed E-state index contributed by atoms with van der Waals surface area (Å²) < 4.78 is 15.7. The number of hydrogen-bond donors (Lipinski definition) is 0. The lowest BCUT2D eigenvalue weighted by molar-refractivity contribution is 0.567. The second kappa shape index (κ2) is 3.02. The molecule has 0 fully saturated rings. The first-order valence-electron chi connectivity index (χ1n) is 3.46. The Bertz CT molecular complexity index is 480. The summed E-state index contributed by atoms with van der Waals surface area (Å²) in [5, 5.41) is 0. The Morgan fingerprint density at radius 1 is 1.38 bits per heavy atom. The zero-order valence-electron chi connectivity index (χ0n) is 6.55. The van der Waals surface area contributed by atoms with Gasteiger partial charge in [-0.15, -0.1) is 0 Å². The van der Waals surface area contributed by atoms with Crippen molar-refractivity contribution in [1.82, 2.24) is 14.4 Å². The number of aromatic nitrogens is 3. The molecular weight excluding hydrogens is 305 g/mol. The fourth-order valence-corrected chi connectivity index (χ4v) is 2.15. The molecule has 0 unspecified atom stereocenters. The lowest BCUT2D eigenvalue weighted by Crippen LogP contribution is -1.98. The minimum absolute atomic E-state index is 0.392. The highest BCUT2D eigenvalue weighted by atomic mass is 79.9. The number of imidazole rings is 1. The predicted molar refractivity (Wildman–Crippen MR) is 53.1 cm³/mol. The largest absolute Gasteiger partial charge is 0.269 e. The van der Waals surface area contributed by atoms with Gasteiger partial charge in [0.05, 0.1) is 11.9 Å². The zero-order valence-corrected chi connectivity index (χ0v) is 9.72. The molecule has 0 aliphatic rings. The van der Waals surface area contributed by atoms with Crippen molar-refractivity contribution in [1.29, 1.82) is 0 Å². The summed E-state index contributed by atoms with van der Waals surface area (Å²) in [7, 11) is 0. The van der Waals surface area contributed by atoms with E-state index in [9.17, 15) is 4.39 Å². The Morgan fingerprint density at radius 3 is 2.77 bits per heavy atom. The highest BCUT2D eigenvalue weighted by Crippen LogP contribution is 2.22. The molecule has 0 aliphatic heterocycles. The molecular formula is C7H4Br2FN3. The van der Waals surface area contributed by atoms with E-state index in [4.69, 9.17) is 0 Å². The monoisotopic (exact) mass is 307 g/mol. The van der Waals surface area contributed by atoms with Crippen LogP contribution in [0.25, 0.3) is 5.65 Å². The second-order valence-electron chi connectivity index (χ2n) is 2.52. The maximum Gasteiger partial charge on any atom is 0.218 e. The fraction of sp³-hybridized carbons (Fsp3) is 0.143. The molecule has 2 rings (SSSR count). The molecule has 0 saturated heterocycles. The average molecular weight is 309 g/mol. The second-order valence-corrected chi connectivity index (χ2v) is 4.02. The third-order valence-corrected chi connectivity index (χ3v) is 3.02. The van der Waals surface area contributed by atoms with E-state index in [2.05, 4.69) is 41.8 Å². The Kier molecular flexibility index (Phi) is 2.11. The van der Waals surface area contributed by atoms with Crippen LogP contribution in [0, 0.1) is 12.9 Å². The van der Waals surface area contributed by atoms with Crippen LogP contribution in [-0.2, 0) is 0 Å². The first kappa shape index (κ1) is 9.08. The van der Waals surface area contributed by atoms with Crippen LogP contribution < -0.4 is 0 Å². The standard InChI is InChI=1S/C7H4Br2FN3/c1-3-5(8)12-6(9)7-11-2-4(10)13(3)7/h2H,1H3. The number of halogens is 3. The predicted octanol–water partition coefficient (Wildman–Crippen LogP) is 2.70. The van der Waals surface area contributed by atoms with E-state index in [-0.39, 0.29) is 0 Å². The van der Waals surface area contributed by atoms with Crippen molar-refractivity contribution in [3.05, 3.63) is 27.0 Å². The van der Waals surface area contributed by atoms with Gasteiger partial charge in [0.1, 0.15) is 4.60 Å². The molecule has 0 aliphatic carbocycles. The minimum atomic E-state index is -0.392. The molecule has 0 saturated carbocycles. The summed E-state index contributed by atoms with van der Waals surface area (Å²) in [6.45, 7) is 1.77. The quantitative estimate of drug-likeness (QED) is 0.749. The molecule has 0 radical (unpaired) electrons. The van der Waals surface area contributed by atoms with Crippen molar-refractivity contribution in [2.45, 2.75) is 6.92 Å². The van der Waals surface area contributed by atoms with E-state index in [1.807, 2.05) is 0 Å². The van der Waals surface area contributed by atoms with Gasteiger partial charge in [0.2, 0.25) is 5.95 Å². The van der Waals surface area contributed by atoms with Crippen molar-refractivity contribution in [3.63, 3.8) is 0 Å². The van der Waals surface area contributed by atoms with Crippen LogP contribution in [0.1, 0.15) is 5.69 Å². The van der Waals surface area contributed by atoms with Crippen molar-refractivity contribution in [2.24, 2.45) is 0 Å². The van der Waals surface area contributed by atoms with Gasteiger partial charge in [-0.3, -0.25) is 4.40 Å². The van der Waals surface area contributed by atoms with Crippen LogP contribution in [0.3, 0.4) is 0 Å². The molecule has 0 aromatic carbocycles. The van der Waals surface area contributed by atoms with E-state index in [1.54, 1.807) is 6.92 Å². The summed E-state index contributed by atoms with van der Waals surface area (Å²) in [5.41, 5.74) is 1.17.